The van der Waals surface area contributed by atoms with Crippen LogP contribution in [0.3, 0.4) is 0 Å². The predicted molar refractivity (Wildman–Crippen MR) is 130 cm³/mol. The number of carbonyl (C=O) groups is 2. The fraction of sp³-hybridized carbons (Fsp3) is 0.333. The fourth-order valence-electron chi connectivity index (χ4n) is 4.20. The number of aryl methyl sites for hydroxylation is 1. The zero-order valence-electron chi connectivity index (χ0n) is 19.8. The summed E-state index contributed by atoms with van der Waals surface area (Å²) in [6.45, 7) is 3.52. The Hall–Kier alpha value is -3.68. The largest absolute Gasteiger partial charge is 0.323 e. The zero-order valence-corrected chi connectivity index (χ0v) is 19.8. The van der Waals surface area contributed by atoms with Crippen LogP contribution in [0.25, 0.3) is 17.2 Å². The third kappa shape index (κ3) is 5.37. The zero-order chi connectivity index (χ0) is 25.0. The van der Waals surface area contributed by atoms with Gasteiger partial charge in [-0.2, -0.15) is 5.10 Å². The van der Waals surface area contributed by atoms with E-state index in [1.807, 2.05) is 24.3 Å². The minimum Gasteiger partial charge on any atom is -0.323 e. The van der Waals surface area contributed by atoms with Crippen molar-refractivity contribution in [2.45, 2.75) is 57.8 Å². The van der Waals surface area contributed by atoms with Gasteiger partial charge in [0, 0.05) is 12.8 Å². The summed E-state index contributed by atoms with van der Waals surface area (Å²) >= 11 is 0. The van der Waals surface area contributed by atoms with E-state index in [9.17, 15) is 9.59 Å². The van der Waals surface area contributed by atoms with Crippen molar-refractivity contribution in [1.29, 1.82) is 0 Å². The standard InChI is InChI=1S/C27H28F2N4O2/c1-3-5-10-23-31-26(33-32-23)25(27(28,29)4-2)18-13-11-17(12-14-18)20-9-7-6-8-19(20)15-21-22(34)16-24(35)30-21/h6-9,11-15,25H,3-5,10,16H2,1-2H3,(H,30,35)(H,31,32,33)/b21-15-. The van der Waals surface area contributed by atoms with E-state index in [1.165, 1.54) is 6.92 Å². The van der Waals surface area contributed by atoms with Crippen LogP contribution >= 0.6 is 0 Å². The van der Waals surface area contributed by atoms with Crippen molar-refractivity contribution in [3.8, 4) is 11.1 Å². The van der Waals surface area contributed by atoms with E-state index in [4.69, 9.17) is 0 Å². The van der Waals surface area contributed by atoms with E-state index in [1.54, 1.807) is 30.3 Å². The second-order valence-electron chi connectivity index (χ2n) is 8.71. The van der Waals surface area contributed by atoms with Crippen molar-refractivity contribution in [3.63, 3.8) is 0 Å². The number of unbranched alkanes of at least 4 members (excludes halogenated alkanes) is 1. The Morgan fingerprint density at radius 1 is 1.09 bits per heavy atom. The minimum absolute atomic E-state index is 0.0938. The van der Waals surface area contributed by atoms with E-state index >= 15 is 8.78 Å². The number of carbonyl (C=O) groups excluding carboxylic acids is 2. The number of rotatable bonds is 9. The molecule has 1 unspecified atom stereocenters. The van der Waals surface area contributed by atoms with Crippen LogP contribution in [0.15, 0.2) is 54.2 Å². The van der Waals surface area contributed by atoms with Crippen molar-refractivity contribution >= 4 is 17.8 Å². The van der Waals surface area contributed by atoms with E-state index in [0.29, 0.717) is 17.8 Å². The average Bonchev–Trinajstić information content (AvgIpc) is 3.44. The lowest BCUT2D eigenvalue weighted by atomic mass is 9.88. The predicted octanol–water partition coefficient (Wildman–Crippen LogP) is 5.42. The molecule has 1 aromatic heterocycles. The van der Waals surface area contributed by atoms with Gasteiger partial charge in [0.15, 0.2) is 11.6 Å². The molecule has 1 fully saturated rings. The average molecular weight is 479 g/mol. The smallest absolute Gasteiger partial charge is 0.261 e. The first-order valence-electron chi connectivity index (χ1n) is 11.9. The van der Waals surface area contributed by atoms with Crippen LogP contribution in [0.2, 0.25) is 0 Å². The van der Waals surface area contributed by atoms with Gasteiger partial charge in [-0.05, 0) is 34.8 Å². The molecule has 0 radical (unpaired) electrons. The number of nitrogens with zero attached hydrogens (tertiary/aromatic N) is 2. The molecule has 35 heavy (non-hydrogen) atoms. The molecular weight excluding hydrogens is 450 g/mol. The van der Waals surface area contributed by atoms with Crippen LogP contribution in [-0.2, 0) is 16.0 Å². The van der Waals surface area contributed by atoms with Gasteiger partial charge in [-0.3, -0.25) is 14.7 Å². The Labute approximate surface area is 202 Å². The molecule has 182 valence electrons. The quantitative estimate of drug-likeness (QED) is 0.317. The molecule has 1 aliphatic heterocycles. The number of H-pyrrole nitrogens is 1. The van der Waals surface area contributed by atoms with Crippen LogP contribution in [0.1, 0.15) is 68.2 Å². The van der Waals surface area contributed by atoms with Crippen molar-refractivity contribution in [3.05, 3.63) is 77.0 Å². The number of aromatic amines is 1. The molecule has 0 aliphatic carbocycles. The molecular formula is C27H28F2N4O2. The molecule has 0 spiro atoms. The summed E-state index contributed by atoms with van der Waals surface area (Å²) in [7, 11) is 0. The highest BCUT2D eigenvalue weighted by atomic mass is 19.3. The van der Waals surface area contributed by atoms with Crippen molar-refractivity contribution in [2.24, 2.45) is 0 Å². The summed E-state index contributed by atoms with van der Waals surface area (Å²) < 4.78 is 30.1. The van der Waals surface area contributed by atoms with Gasteiger partial charge in [0.1, 0.15) is 11.7 Å². The highest BCUT2D eigenvalue weighted by Gasteiger charge is 2.42. The summed E-state index contributed by atoms with van der Waals surface area (Å²) in [5, 5.41) is 9.53. The van der Waals surface area contributed by atoms with Crippen molar-refractivity contribution < 1.29 is 18.4 Å². The lowest BCUT2D eigenvalue weighted by Gasteiger charge is -2.24. The molecule has 1 saturated heterocycles. The van der Waals surface area contributed by atoms with Gasteiger partial charge >= 0.3 is 0 Å². The maximum absolute atomic E-state index is 15.1. The lowest BCUT2D eigenvalue weighted by Crippen LogP contribution is -2.27. The first-order chi connectivity index (χ1) is 16.8. The van der Waals surface area contributed by atoms with E-state index in [0.717, 1.165) is 29.5 Å². The normalized spacial score (nSPS) is 16.1. The highest BCUT2D eigenvalue weighted by molar-refractivity contribution is 6.17. The lowest BCUT2D eigenvalue weighted by molar-refractivity contribution is -0.121. The number of nitrogens with one attached hydrogen (secondary N) is 2. The van der Waals surface area contributed by atoms with Crippen LogP contribution in [-0.4, -0.2) is 32.8 Å². The number of allylic oxidation sites excluding steroid dienone is 1. The van der Waals surface area contributed by atoms with Crippen LogP contribution in [0.4, 0.5) is 8.78 Å². The first kappa shape index (κ1) is 24.4. The van der Waals surface area contributed by atoms with Gasteiger partial charge in [0.2, 0.25) is 5.91 Å². The highest BCUT2D eigenvalue weighted by Crippen LogP contribution is 2.40. The summed E-state index contributed by atoms with van der Waals surface area (Å²) in [5.41, 5.74) is 3.05. The monoisotopic (exact) mass is 478 g/mol. The number of benzene rings is 2. The molecule has 2 N–H and O–H groups in total. The number of alkyl halides is 2. The van der Waals surface area contributed by atoms with Crippen LogP contribution in [0, 0.1) is 0 Å². The van der Waals surface area contributed by atoms with Gasteiger partial charge in [-0.15, -0.1) is 0 Å². The molecule has 1 atom stereocenters. The molecule has 0 bridgehead atoms. The summed E-state index contributed by atoms with van der Waals surface area (Å²) in [5.74, 6) is -4.15. The van der Waals surface area contributed by atoms with Gasteiger partial charge in [-0.25, -0.2) is 13.8 Å². The molecule has 2 aromatic carbocycles. The van der Waals surface area contributed by atoms with Crippen molar-refractivity contribution in [2.75, 3.05) is 0 Å². The molecule has 6 nitrogen and oxygen atoms in total. The molecule has 8 heteroatoms. The second kappa shape index (κ2) is 10.3. The van der Waals surface area contributed by atoms with Crippen LogP contribution in [0.5, 0.6) is 0 Å². The minimum atomic E-state index is -3.02. The number of ketones is 1. The Morgan fingerprint density at radius 2 is 1.83 bits per heavy atom. The maximum atomic E-state index is 15.1. The Balaban J connectivity index is 1.67. The van der Waals surface area contributed by atoms with Crippen molar-refractivity contribution in [1.82, 2.24) is 20.5 Å². The number of Topliss-reactive ketones (excluding diaryl/α,β-unsaturated/α-hetero) is 1. The topological polar surface area (TPSA) is 87.7 Å². The SMILES string of the molecule is CCCCc1nc(C(c2ccc(-c3ccccc3/C=C3\NC(=O)CC3=O)cc2)C(F)(F)CC)n[nH]1. The number of amides is 1. The van der Waals surface area contributed by atoms with E-state index in [2.05, 4.69) is 27.4 Å². The third-order valence-corrected chi connectivity index (χ3v) is 6.18. The number of aromatic nitrogens is 3. The number of hydrogen-bond donors (Lipinski definition) is 2. The van der Waals surface area contributed by atoms with Gasteiger partial charge < -0.3 is 5.32 Å². The Kier molecular flexibility index (Phi) is 7.19. The van der Waals surface area contributed by atoms with Gasteiger partial charge in [-0.1, -0.05) is 68.8 Å². The number of halogens is 2. The Bertz CT molecular complexity index is 1250. The first-order valence-corrected chi connectivity index (χ1v) is 11.9. The van der Waals surface area contributed by atoms with Gasteiger partial charge in [0.05, 0.1) is 12.1 Å². The molecule has 1 aliphatic rings. The maximum Gasteiger partial charge on any atom is 0.261 e. The third-order valence-electron chi connectivity index (χ3n) is 6.18. The summed E-state index contributed by atoms with van der Waals surface area (Å²) in [6, 6.07) is 14.3. The fourth-order valence-corrected chi connectivity index (χ4v) is 4.20. The molecule has 3 aromatic rings. The molecule has 2 heterocycles. The van der Waals surface area contributed by atoms with Crippen LogP contribution < -0.4 is 5.32 Å². The molecule has 0 saturated carbocycles. The Morgan fingerprint density at radius 3 is 2.49 bits per heavy atom. The number of hydrogen-bond acceptors (Lipinski definition) is 4. The summed E-state index contributed by atoms with van der Waals surface area (Å²) in [4.78, 5) is 28.0. The van der Waals surface area contributed by atoms with E-state index in [-0.39, 0.29) is 36.1 Å². The molecule has 4 rings (SSSR count). The van der Waals surface area contributed by atoms with E-state index < -0.39 is 11.8 Å². The second-order valence-corrected chi connectivity index (χ2v) is 8.71. The summed E-state index contributed by atoms with van der Waals surface area (Å²) in [6.07, 6.45) is 3.71. The molecule has 1 amide bonds. The van der Waals surface area contributed by atoms with Gasteiger partial charge in [0.25, 0.3) is 5.92 Å².